The molecule has 1 saturated carbocycles. The number of benzene rings is 1. The van der Waals surface area contributed by atoms with Crippen LogP contribution in [-0.2, 0) is 20.8 Å². The van der Waals surface area contributed by atoms with Gasteiger partial charge in [0, 0.05) is 25.6 Å². The third-order valence-corrected chi connectivity index (χ3v) is 6.44. The van der Waals surface area contributed by atoms with Gasteiger partial charge in [-0.1, -0.05) is 12.1 Å². The summed E-state index contributed by atoms with van der Waals surface area (Å²) in [6.45, 7) is 1.69. The number of hydrogen-bond acceptors (Lipinski definition) is 3. The number of nitrogens with zero attached hydrogens (tertiary/aromatic N) is 2. The van der Waals surface area contributed by atoms with Gasteiger partial charge in [0.25, 0.3) is 0 Å². The van der Waals surface area contributed by atoms with Crippen molar-refractivity contribution in [2.24, 2.45) is 11.3 Å². The average Bonchev–Trinajstić information content (AvgIpc) is 3.46. The van der Waals surface area contributed by atoms with E-state index in [1.807, 2.05) is 4.90 Å². The van der Waals surface area contributed by atoms with Gasteiger partial charge in [-0.3, -0.25) is 9.59 Å². The third kappa shape index (κ3) is 3.75. The summed E-state index contributed by atoms with van der Waals surface area (Å²) in [6.07, 6.45) is 3.92. The first-order valence-corrected chi connectivity index (χ1v) is 9.92. The minimum absolute atomic E-state index is 0.0619. The summed E-state index contributed by atoms with van der Waals surface area (Å²) in [5.41, 5.74) is 0.434. The SMILES string of the molecule is O=C(O)[C@H]1CC2(CCN(C(=O)C3CC3)CC2)CN1C(=O)Cc1ccc(F)cc1. The highest BCUT2D eigenvalue weighted by atomic mass is 19.1. The van der Waals surface area contributed by atoms with Gasteiger partial charge in [-0.25, -0.2) is 9.18 Å². The van der Waals surface area contributed by atoms with Gasteiger partial charge in [0.15, 0.2) is 0 Å². The molecule has 2 amide bonds. The third-order valence-electron chi connectivity index (χ3n) is 6.44. The van der Waals surface area contributed by atoms with Crippen LogP contribution < -0.4 is 0 Å². The molecule has 7 heteroatoms. The van der Waals surface area contributed by atoms with E-state index in [2.05, 4.69) is 0 Å². The average molecular weight is 388 g/mol. The van der Waals surface area contributed by atoms with E-state index in [1.54, 1.807) is 12.1 Å². The number of piperidine rings is 1. The molecular formula is C21H25FN2O4. The highest BCUT2D eigenvalue weighted by Gasteiger charge is 2.50. The van der Waals surface area contributed by atoms with Crippen molar-refractivity contribution < 1.29 is 23.9 Å². The molecule has 2 aliphatic heterocycles. The van der Waals surface area contributed by atoms with Gasteiger partial charge in [-0.2, -0.15) is 0 Å². The second-order valence-corrected chi connectivity index (χ2v) is 8.48. The van der Waals surface area contributed by atoms with Crippen molar-refractivity contribution in [2.45, 2.75) is 44.6 Å². The Morgan fingerprint density at radius 2 is 1.75 bits per heavy atom. The van der Waals surface area contributed by atoms with Crippen LogP contribution in [0.1, 0.15) is 37.7 Å². The maximum Gasteiger partial charge on any atom is 0.326 e. The largest absolute Gasteiger partial charge is 0.480 e. The first kappa shape index (κ1) is 18.9. The highest BCUT2D eigenvalue weighted by Crippen LogP contribution is 2.44. The number of likely N-dealkylation sites (tertiary alicyclic amines) is 2. The minimum Gasteiger partial charge on any atom is -0.480 e. The number of carboxylic acids is 1. The lowest BCUT2D eigenvalue weighted by molar-refractivity contribution is -0.148. The Hall–Kier alpha value is -2.44. The molecule has 3 fully saturated rings. The molecule has 1 aromatic rings. The summed E-state index contributed by atoms with van der Waals surface area (Å²) in [7, 11) is 0. The highest BCUT2D eigenvalue weighted by molar-refractivity contribution is 5.86. The predicted molar refractivity (Wildman–Crippen MR) is 98.8 cm³/mol. The van der Waals surface area contributed by atoms with Crippen LogP contribution in [0.2, 0.25) is 0 Å². The monoisotopic (exact) mass is 388 g/mol. The number of carbonyl (C=O) groups excluding carboxylic acids is 2. The van der Waals surface area contributed by atoms with Gasteiger partial charge in [-0.05, 0) is 55.2 Å². The Morgan fingerprint density at radius 1 is 1.11 bits per heavy atom. The van der Waals surface area contributed by atoms with Crippen molar-refractivity contribution in [3.05, 3.63) is 35.6 Å². The van der Waals surface area contributed by atoms with Gasteiger partial charge in [-0.15, -0.1) is 0 Å². The van der Waals surface area contributed by atoms with Crippen LogP contribution in [-0.4, -0.2) is 58.4 Å². The van der Waals surface area contributed by atoms with Crippen LogP contribution in [0.3, 0.4) is 0 Å². The fourth-order valence-electron chi connectivity index (χ4n) is 4.57. The van der Waals surface area contributed by atoms with Crippen LogP contribution >= 0.6 is 0 Å². The second-order valence-electron chi connectivity index (χ2n) is 8.48. The number of carboxylic acid groups (broad SMARTS) is 1. The van der Waals surface area contributed by atoms with Crippen LogP contribution in [0.5, 0.6) is 0 Å². The molecule has 6 nitrogen and oxygen atoms in total. The van der Waals surface area contributed by atoms with Gasteiger partial charge >= 0.3 is 5.97 Å². The normalized spacial score (nSPS) is 23.8. The number of hydrogen-bond donors (Lipinski definition) is 1. The van der Waals surface area contributed by atoms with Crippen molar-refractivity contribution in [1.29, 1.82) is 0 Å². The smallest absolute Gasteiger partial charge is 0.326 e. The summed E-state index contributed by atoms with van der Waals surface area (Å²) in [6, 6.07) is 4.87. The lowest BCUT2D eigenvalue weighted by atomic mass is 9.76. The summed E-state index contributed by atoms with van der Waals surface area (Å²) >= 11 is 0. The molecule has 4 rings (SSSR count). The van der Waals surface area contributed by atoms with E-state index in [4.69, 9.17) is 0 Å². The van der Waals surface area contributed by atoms with Crippen molar-refractivity contribution in [2.75, 3.05) is 19.6 Å². The molecule has 150 valence electrons. The molecule has 0 aromatic heterocycles. The fraction of sp³-hybridized carbons (Fsp3) is 0.571. The number of halogens is 1. The number of rotatable bonds is 4. The summed E-state index contributed by atoms with van der Waals surface area (Å²) < 4.78 is 13.1. The molecule has 0 bridgehead atoms. The lowest BCUT2D eigenvalue weighted by Crippen LogP contribution is -2.45. The number of carbonyl (C=O) groups is 3. The lowest BCUT2D eigenvalue weighted by Gasteiger charge is -2.39. The maximum atomic E-state index is 13.1. The van der Waals surface area contributed by atoms with E-state index < -0.39 is 12.0 Å². The second kappa shape index (κ2) is 7.18. The quantitative estimate of drug-likeness (QED) is 0.857. The van der Waals surface area contributed by atoms with Gasteiger partial charge < -0.3 is 14.9 Å². The van der Waals surface area contributed by atoms with Crippen molar-refractivity contribution >= 4 is 17.8 Å². The summed E-state index contributed by atoms with van der Waals surface area (Å²) in [4.78, 5) is 40.3. The van der Waals surface area contributed by atoms with Crippen molar-refractivity contribution in [1.82, 2.24) is 9.80 Å². The standard InChI is InChI=1S/C21H25FN2O4/c22-16-5-1-14(2-6-16)11-18(25)24-13-21(12-17(24)20(27)28)7-9-23(10-8-21)19(26)15-3-4-15/h1-2,5-6,15,17H,3-4,7-13H2,(H,27,28)/t17-/m1/s1. The molecule has 1 N–H and O–H groups in total. The Labute approximate surface area is 163 Å². The minimum atomic E-state index is -0.985. The van der Waals surface area contributed by atoms with E-state index in [1.165, 1.54) is 17.0 Å². The Balaban J connectivity index is 1.43. The van der Waals surface area contributed by atoms with E-state index >= 15 is 0 Å². The molecule has 0 unspecified atom stereocenters. The molecule has 3 aliphatic rings. The zero-order chi connectivity index (χ0) is 19.9. The van der Waals surface area contributed by atoms with Crippen LogP contribution in [0.25, 0.3) is 0 Å². The zero-order valence-electron chi connectivity index (χ0n) is 15.8. The first-order chi connectivity index (χ1) is 13.4. The van der Waals surface area contributed by atoms with Crippen molar-refractivity contribution in [3.63, 3.8) is 0 Å². The molecule has 2 heterocycles. The molecule has 1 aromatic carbocycles. The Bertz CT molecular complexity index is 782. The number of aliphatic carboxylic acids is 1. The summed E-state index contributed by atoms with van der Waals surface area (Å²) in [5, 5.41) is 9.66. The molecule has 2 saturated heterocycles. The van der Waals surface area contributed by atoms with Gasteiger partial charge in [0.2, 0.25) is 11.8 Å². The first-order valence-electron chi connectivity index (χ1n) is 9.92. The van der Waals surface area contributed by atoms with E-state index in [0.717, 1.165) is 25.7 Å². The topological polar surface area (TPSA) is 77.9 Å². The van der Waals surface area contributed by atoms with Gasteiger partial charge in [0.1, 0.15) is 11.9 Å². The number of amides is 2. The molecule has 28 heavy (non-hydrogen) atoms. The van der Waals surface area contributed by atoms with Gasteiger partial charge in [0.05, 0.1) is 6.42 Å². The molecule has 1 atom stereocenters. The van der Waals surface area contributed by atoms with E-state index in [9.17, 15) is 23.9 Å². The van der Waals surface area contributed by atoms with E-state index in [0.29, 0.717) is 31.6 Å². The molecule has 0 radical (unpaired) electrons. The van der Waals surface area contributed by atoms with Crippen LogP contribution in [0.4, 0.5) is 4.39 Å². The Morgan fingerprint density at radius 3 is 2.32 bits per heavy atom. The zero-order valence-corrected chi connectivity index (χ0v) is 15.8. The molecular weight excluding hydrogens is 363 g/mol. The Kier molecular flexibility index (Phi) is 4.85. The van der Waals surface area contributed by atoms with E-state index in [-0.39, 0.29) is 35.4 Å². The fourth-order valence-corrected chi connectivity index (χ4v) is 4.57. The van der Waals surface area contributed by atoms with Crippen LogP contribution in [0.15, 0.2) is 24.3 Å². The predicted octanol–water partition coefficient (Wildman–Crippen LogP) is 2.07. The maximum absolute atomic E-state index is 13.1. The summed E-state index contributed by atoms with van der Waals surface area (Å²) in [5.74, 6) is -1.18. The van der Waals surface area contributed by atoms with Crippen LogP contribution in [0, 0.1) is 17.2 Å². The molecule has 1 aliphatic carbocycles. The molecule has 1 spiro atoms. The van der Waals surface area contributed by atoms with Crippen molar-refractivity contribution in [3.8, 4) is 0 Å².